The van der Waals surface area contributed by atoms with Crippen molar-refractivity contribution in [1.29, 1.82) is 0 Å². The van der Waals surface area contributed by atoms with Gasteiger partial charge in [0.15, 0.2) is 0 Å². The van der Waals surface area contributed by atoms with Gasteiger partial charge in [0.2, 0.25) is 0 Å². The van der Waals surface area contributed by atoms with Crippen molar-refractivity contribution in [3.05, 3.63) is 72.8 Å². The van der Waals surface area contributed by atoms with E-state index >= 15 is 0 Å². The summed E-state index contributed by atoms with van der Waals surface area (Å²) in [6, 6.07) is 11.6. The molecule has 0 aliphatic carbocycles. The van der Waals surface area contributed by atoms with Crippen LogP contribution in [0.4, 0.5) is 0 Å². The van der Waals surface area contributed by atoms with Crippen molar-refractivity contribution in [3.8, 4) is 5.69 Å². The van der Waals surface area contributed by atoms with Crippen LogP contribution in [0.5, 0.6) is 0 Å². The van der Waals surface area contributed by atoms with E-state index in [4.69, 9.17) is 4.74 Å². The maximum absolute atomic E-state index is 11.7. The monoisotopic (exact) mass is 308 g/mol. The van der Waals surface area contributed by atoms with Gasteiger partial charge in [0.25, 0.3) is 0 Å². The first kappa shape index (κ1) is 14.8. The fraction of sp³-hybridized carbons (Fsp3) is 0.118. The Morgan fingerprint density at radius 2 is 2.04 bits per heavy atom. The average molecular weight is 308 g/mol. The van der Waals surface area contributed by atoms with Crippen LogP contribution in [0, 0.1) is 0 Å². The summed E-state index contributed by atoms with van der Waals surface area (Å²) < 4.78 is 8.58. The Bertz CT molecular complexity index is 776. The van der Waals surface area contributed by atoms with E-state index in [2.05, 4.69) is 10.2 Å². The molecule has 0 aliphatic rings. The third kappa shape index (κ3) is 4.16. The molecule has 2 heterocycles. The van der Waals surface area contributed by atoms with Gasteiger partial charge in [0.05, 0.1) is 18.4 Å². The molecule has 3 aromatic rings. The topological polar surface area (TPSA) is 61.9 Å². The summed E-state index contributed by atoms with van der Waals surface area (Å²) in [4.78, 5) is 11.7. The number of hydrogen-bond donors (Lipinski definition) is 0. The van der Waals surface area contributed by atoms with Gasteiger partial charge in [0.1, 0.15) is 6.61 Å². The van der Waals surface area contributed by atoms with E-state index in [0.29, 0.717) is 6.54 Å². The molecular formula is C17H16N4O2. The lowest BCUT2D eigenvalue weighted by atomic mass is 10.3. The number of carbonyl (C=O) groups is 1. The van der Waals surface area contributed by atoms with Gasteiger partial charge >= 0.3 is 5.97 Å². The zero-order valence-corrected chi connectivity index (χ0v) is 12.4. The van der Waals surface area contributed by atoms with Crippen LogP contribution in [0.1, 0.15) is 5.56 Å². The van der Waals surface area contributed by atoms with E-state index < -0.39 is 0 Å². The molecule has 1 aromatic carbocycles. The minimum Gasteiger partial charge on any atom is -0.461 e. The van der Waals surface area contributed by atoms with E-state index in [1.165, 1.54) is 6.08 Å². The third-order valence-corrected chi connectivity index (χ3v) is 3.16. The largest absolute Gasteiger partial charge is 0.461 e. The van der Waals surface area contributed by atoms with Crippen LogP contribution in [0.25, 0.3) is 11.8 Å². The molecular weight excluding hydrogens is 292 g/mol. The molecule has 6 heteroatoms. The number of benzene rings is 1. The molecule has 3 rings (SSSR count). The molecule has 0 saturated heterocycles. The zero-order chi connectivity index (χ0) is 15.9. The normalized spacial score (nSPS) is 11.0. The van der Waals surface area contributed by atoms with Gasteiger partial charge in [-0.3, -0.25) is 4.68 Å². The Kier molecular flexibility index (Phi) is 4.63. The van der Waals surface area contributed by atoms with Gasteiger partial charge in [-0.2, -0.15) is 10.2 Å². The average Bonchev–Trinajstić information content (AvgIpc) is 3.25. The highest BCUT2D eigenvalue weighted by Crippen LogP contribution is 2.08. The Labute approximate surface area is 133 Å². The smallest absolute Gasteiger partial charge is 0.330 e. The number of ether oxygens (including phenoxy) is 1. The summed E-state index contributed by atoms with van der Waals surface area (Å²) in [7, 11) is 0. The van der Waals surface area contributed by atoms with Gasteiger partial charge < -0.3 is 4.74 Å². The van der Waals surface area contributed by atoms with Crippen molar-refractivity contribution in [2.45, 2.75) is 6.54 Å². The second kappa shape index (κ2) is 7.22. The Hall–Kier alpha value is -3.15. The van der Waals surface area contributed by atoms with Gasteiger partial charge in [-0.05, 0) is 24.3 Å². The number of carbonyl (C=O) groups excluding carboxylic acids is 1. The number of nitrogens with zero attached hydrogens (tertiary/aromatic N) is 4. The molecule has 0 aliphatic heterocycles. The maximum Gasteiger partial charge on any atom is 0.330 e. The van der Waals surface area contributed by atoms with E-state index in [9.17, 15) is 4.79 Å². The van der Waals surface area contributed by atoms with Crippen LogP contribution < -0.4 is 0 Å². The summed E-state index contributed by atoms with van der Waals surface area (Å²) in [5.41, 5.74) is 1.80. The van der Waals surface area contributed by atoms with Crippen LogP contribution in [-0.2, 0) is 16.1 Å². The summed E-state index contributed by atoms with van der Waals surface area (Å²) in [5.74, 6) is -0.385. The molecule has 116 valence electrons. The number of hydrogen-bond acceptors (Lipinski definition) is 4. The molecule has 0 atom stereocenters. The molecule has 0 amide bonds. The number of esters is 1. The van der Waals surface area contributed by atoms with Crippen LogP contribution in [0.2, 0.25) is 0 Å². The van der Waals surface area contributed by atoms with E-state index in [1.807, 2.05) is 48.8 Å². The number of para-hydroxylation sites is 1. The first-order chi connectivity index (χ1) is 11.3. The third-order valence-electron chi connectivity index (χ3n) is 3.16. The summed E-state index contributed by atoms with van der Waals surface area (Å²) >= 11 is 0. The lowest BCUT2D eigenvalue weighted by molar-refractivity contribution is -0.138. The van der Waals surface area contributed by atoms with Crippen molar-refractivity contribution >= 4 is 12.0 Å². The second-order valence-electron chi connectivity index (χ2n) is 4.82. The lowest BCUT2D eigenvalue weighted by Gasteiger charge is -2.01. The first-order valence-corrected chi connectivity index (χ1v) is 7.23. The minimum atomic E-state index is -0.385. The molecule has 0 fully saturated rings. The second-order valence-corrected chi connectivity index (χ2v) is 4.82. The minimum absolute atomic E-state index is 0.286. The SMILES string of the molecule is O=C(/C=C/c1cnn(-c2ccccc2)c1)OCCn1cccn1. The Balaban J connectivity index is 1.51. The number of rotatable bonds is 6. The molecule has 2 aromatic heterocycles. The van der Waals surface area contributed by atoms with Crippen molar-refractivity contribution < 1.29 is 9.53 Å². The summed E-state index contributed by atoms with van der Waals surface area (Å²) in [6.07, 6.45) is 10.1. The van der Waals surface area contributed by atoms with E-state index in [0.717, 1.165) is 11.3 Å². The predicted molar refractivity (Wildman–Crippen MR) is 85.8 cm³/mol. The predicted octanol–water partition coefficient (Wildman–Crippen LogP) is 2.33. The van der Waals surface area contributed by atoms with Crippen LogP contribution in [0.15, 0.2) is 67.3 Å². The molecule has 0 spiro atoms. The van der Waals surface area contributed by atoms with Crippen molar-refractivity contribution in [2.24, 2.45) is 0 Å². The zero-order valence-electron chi connectivity index (χ0n) is 12.4. The molecule has 0 radical (unpaired) electrons. The summed E-state index contributed by atoms with van der Waals surface area (Å²) in [6.45, 7) is 0.826. The van der Waals surface area contributed by atoms with Crippen LogP contribution >= 0.6 is 0 Å². The van der Waals surface area contributed by atoms with E-state index in [1.54, 1.807) is 27.8 Å². The molecule has 0 N–H and O–H groups in total. The van der Waals surface area contributed by atoms with Crippen molar-refractivity contribution in [2.75, 3.05) is 6.61 Å². The van der Waals surface area contributed by atoms with Crippen LogP contribution in [0.3, 0.4) is 0 Å². The first-order valence-electron chi connectivity index (χ1n) is 7.23. The highest BCUT2D eigenvalue weighted by molar-refractivity contribution is 5.86. The van der Waals surface area contributed by atoms with Gasteiger partial charge in [0, 0.05) is 30.2 Å². The van der Waals surface area contributed by atoms with E-state index in [-0.39, 0.29) is 12.6 Å². The summed E-state index contributed by atoms with van der Waals surface area (Å²) in [5, 5.41) is 8.30. The number of aromatic nitrogens is 4. The van der Waals surface area contributed by atoms with Gasteiger partial charge in [-0.15, -0.1) is 0 Å². The fourth-order valence-corrected chi connectivity index (χ4v) is 2.03. The molecule has 23 heavy (non-hydrogen) atoms. The standard InChI is InChI=1S/C17H16N4O2/c22-17(23-12-11-20-10-4-9-18-20)8-7-15-13-19-21(14-15)16-5-2-1-3-6-16/h1-10,13-14H,11-12H2/b8-7+. The Morgan fingerprint density at radius 3 is 2.83 bits per heavy atom. The molecule has 0 saturated carbocycles. The molecule has 6 nitrogen and oxygen atoms in total. The van der Waals surface area contributed by atoms with Crippen LogP contribution in [-0.4, -0.2) is 32.1 Å². The quantitative estimate of drug-likeness (QED) is 0.518. The van der Waals surface area contributed by atoms with Gasteiger partial charge in [-0.1, -0.05) is 18.2 Å². The lowest BCUT2D eigenvalue weighted by Crippen LogP contribution is -2.09. The Morgan fingerprint density at radius 1 is 1.17 bits per heavy atom. The maximum atomic E-state index is 11.7. The molecule has 0 bridgehead atoms. The highest BCUT2D eigenvalue weighted by atomic mass is 16.5. The molecule has 0 unspecified atom stereocenters. The van der Waals surface area contributed by atoms with Crippen molar-refractivity contribution in [1.82, 2.24) is 19.6 Å². The van der Waals surface area contributed by atoms with Crippen molar-refractivity contribution in [3.63, 3.8) is 0 Å². The highest BCUT2D eigenvalue weighted by Gasteiger charge is 2.00. The van der Waals surface area contributed by atoms with Gasteiger partial charge in [-0.25, -0.2) is 9.48 Å². The fourth-order valence-electron chi connectivity index (χ4n) is 2.03.